The molecule has 0 saturated carbocycles. The highest BCUT2D eigenvalue weighted by atomic mass is 35.5. The van der Waals surface area contributed by atoms with Crippen LogP contribution in [0.15, 0.2) is 24.3 Å². The molecule has 1 aromatic carbocycles. The highest BCUT2D eigenvalue weighted by Crippen LogP contribution is 2.32. The van der Waals surface area contributed by atoms with E-state index >= 15 is 0 Å². The molecule has 4 heteroatoms. The van der Waals surface area contributed by atoms with Crippen molar-refractivity contribution >= 4 is 22.9 Å². The van der Waals surface area contributed by atoms with Crippen LogP contribution in [0.4, 0.5) is 4.39 Å². The molecule has 0 radical (unpaired) electrons. The van der Waals surface area contributed by atoms with Gasteiger partial charge in [0.25, 0.3) is 0 Å². The first-order valence-electron chi connectivity index (χ1n) is 5.38. The van der Waals surface area contributed by atoms with Crippen LogP contribution in [0.2, 0.25) is 0 Å². The fourth-order valence-electron chi connectivity index (χ4n) is 1.80. The summed E-state index contributed by atoms with van der Waals surface area (Å²) >= 11 is 7.97. The molecule has 1 heterocycles. The van der Waals surface area contributed by atoms with Crippen LogP contribution in [0.1, 0.15) is 26.5 Å². The van der Waals surface area contributed by atoms with Gasteiger partial charge in [0, 0.05) is 4.88 Å². The minimum atomic E-state index is -0.219. The Morgan fingerprint density at radius 3 is 2.76 bits per heavy atom. The summed E-state index contributed by atoms with van der Waals surface area (Å²) in [4.78, 5) is 5.43. The van der Waals surface area contributed by atoms with Crippen LogP contribution in [-0.4, -0.2) is 4.98 Å². The smallest absolute Gasteiger partial charge is 0.123 e. The number of benzene rings is 1. The molecule has 1 unspecified atom stereocenters. The number of thiazole rings is 1. The van der Waals surface area contributed by atoms with Crippen LogP contribution in [0.25, 0.3) is 0 Å². The van der Waals surface area contributed by atoms with E-state index in [0.29, 0.717) is 6.42 Å². The first-order valence-corrected chi connectivity index (χ1v) is 6.64. The summed E-state index contributed by atoms with van der Waals surface area (Å²) in [7, 11) is 0. The molecule has 90 valence electrons. The maximum absolute atomic E-state index is 13.1. The zero-order chi connectivity index (χ0) is 12.4. The Morgan fingerprint density at radius 2 is 2.18 bits per heavy atom. The quantitative estimate of drug-likeness (QED) is 0.752. The third-order valence-electron chi connectivity index (χ3n) is 2.53. The Bertz CT molecular complexity index is 524. The standard InChI is InChI=1S/C13H13ClFNS/c1-8-13(17-9(2)16-8)12(14)7-10-4-3-5-11(15)6-10/h3-6,12H,7H2,1-2H3. The molecule has 0 aliphatic rings. The molecule has 0 N–H and O–H groups in total. The fraction of sp³-hybridized carbons (Fsp3) is 0.308. The average molecular weight is 270 g/mol. The summed E-state index contributed by atoms with van der Waals surface area (Å²) < 4.78 is 13.1. The SMILES string of the molecule is Cc1nc(C)c(C(Cl)Cc2cccc(F)c2)s1. The number of rotatable bonds is 3. The minimum absolute atomic E-state index is 0.136. The Hall–Kier alpha value is -0.930. The summed E-state index contributed by atoms with van der Waals surface area (Å²) in [5.41, 5.74) is 1.89. The Labute approximate surface area is 109 Å². The van der Waals surface area contributed by atoms with Crippen molar-refractivity contribution in [3.8, 4) is 0 Å². The largest absolute Gasteiger partial charge is 0.247 e. The fourth-order valence-corrected chi connectivity index (χ4v) is 3.18. The van der Waals surface area contributed by atoms with Gasteiger partial charge >= 0.3 is 0 Å². The molecule has 0 aliphatic heterocycles. The number of alkyl halides is 1. The Kier molecular flexibility index (Phi) is 3.79. The summed E-state index contributed by atoms with van der Waals surface area (Å²) in [5.74, 6) is -0.219. The van der Waals surface area contributed by atoms with Crippen molar-refractivity contribution in [3.63, 3.8) is 0 Å². The number of aromatic nitrogens is 1. The lowest BCUT2D eigenvalue weighted by Crippen LogP contribution is -1.96. The van der Waals surface area contributed by atoms with Gasteiger partial charge in [0.05, 0.1) is 16.1 Å². The number of hydrogen-bond acceptors (Lipinski definition) is 2. The van der Waals surface area contributed by atoms with Gasteiger partial charge in [-0.25, -0.2) is 9.37 Å². The van der Waals surface area contributed by atoms with Gasteiger partial charge in [-0.3, -0.25) is 0 Å². The zero-order valence-corrected chi connectivity index (χ0v) is 11.3. The van der Waals surface area contributed by atoms with Crippen LogP contribution >= 0.6 is 22.9 Å². The monoisotopic (exact) mass is 269 g/mol. The van der Waals surface area contributed by atoms with Crippen molar-refractivity contribution in [1.29, 1.82) is 0 Å². The van der Waals surface area contributed by atoms with Crippen LogP contribution in [0.5, 0.6) is 0 Å². The lowest BCUT2D eigenvalue weighted by Gasteiger charge is -2.08. The summed E-state index contributed by atoms with van der Waals surface area (Å²) in [6.07, 6.45) is 0.627. The van der Waals surface area contributed by atoms with Gasteiger partial charge in [-0.15, -0.1) is 22.9 Å². The normalized spacial score (nSPS) is 12.7. The van der Waals surface area contributed by atoms with Crippen LogP contribution in [-0.2, 0) is 6.42 Å². The van der Waals surface area contributed by atoms with Crippen molar-refractivity contribution in [3.05, 3.63) is 51.2 Å². The second kappa shape index (κ2) is 5.15. The number of hydrogen-bond donors (Lipinski definition) is 0. The highest BCUT2D eigenvalue weighted by Gasteiger charge is 2.15. The lowest BCUT2D eigenvalue weighted by molar-refractivity contribution is 0.625. The molecule has 17 heavy (non-hydrogen) atoms. The molecule has 1 aromatic heterocycles. The maximum Gasteiger partial charge on any atom is 0.123 e. The molecule has 1 nitrogen and oxygen atoms in total. The van der Waals surface area contributed by atoms with Crippen LogP contribution < -0.4 is 0 Å². The first-order chi connectivity index (χ1) is 8.06. The van der Waals surface area contributed by atoms with Gasteiger partial charge in [0.1, 0.15) is 5.82 Å². The number of aryl methyl sites for hydroxylation is 2. The molecule has 0 fully saturated rings. The van der Waals surface area contributed by atoms with Crippen molar-refractivity contribution in [2.45, 2.75) is 25.6 Å². The maximum atomic E-state index is 13.1. The third-order valence-corrected chi connectivity index (χ3v) is 4.22. The second-order valence-corrected chi connectivity index (χ2v) is 5.75. The van der Waals surface area contributed by atoms with Gasteiger partial charge in [-0.1, -0.05) is 12.1 Å². The van der Waals surface area contributed by atoms with Gasteiger partial charge < -0.3 is 0 Å². The van der Waals surface area contributed by atoms with Gasteiger partial charge in [0.2, 0.25) is 0 Å². The van der Waals surface area contributed by atoms with Gasteiger partial charge in [0.15, 0.2) is 0 Å². The van der Waals surface area contributed by atoms with Gasteiger partial charge in [-0.05, 0) is 38.0 Å². The number of halogens is 2. The molecule has 0 amide bonds. The predicted octanol–water partition coefficient (Wildman–Crippen LogP) is 4.42. The second-order valence-electron chi connectivity index (χ2n) is 3.98. The van der Waals surface area contributed by atoms with E-state index in [2.05, 4.69) is 4.98 Å². The lowest BCUT2D eigenvalue weighted by atomic mass is 10.1. The van der Waals surface area contributed by atoms with Crippen molar-refractivity contribution in [1.82, 2.24) is 4.98 Å². The topological polar surface area (TPSA) is 12.9 Å². The summed E-state index contributed by atoms with van der Waals surface area (Å²) in [6, 6.07) is 6.56. The van der Waals surface area contributed by atoms with Crippen LogP contribution in [0, 0.1) is 19.7 Å². The van der Waals surface area contributed by atoms with E-state index in [9.17, 15) is 4.39 Å². The average Bonchev–Trinajstić information content (AvgIpc) is 2.58. The Morgan fingerprint density at radius 1 is 1.41 bits per heavy atom. The molecule has 0 aliphatic carbocycles. The molecule has 1 atom stereocenters. The van der Waals surface area contributed by atoms with E-state index in [-0.39, 0.29) is 11.2 Å². The van der Waals surface area contributed by atoms with Crippen molar-refractivity contribution < 1.29 is 4.39 Å². The molecular formula is C13H13ClFNS. The highest BCUT2D eigenvalue weighted by molar-refractivity contribution is 7.12. The van der Waals surface area contributed by atoms with E-state index in [0.717, 1.165) is 21.1 Å². The molecule has 2 aromatic rings. The third kappa shape index (κ3) is 3.05. The van der Waals surface area contributed by atoms with Gasteiger partial charge in [-0.2, -0.15) is 0 Å². The zero-order valence-electron chi connectivity index (χ0n) is 9.71. The summed E-state index contributed by atoms with van der Waals surface area (Å²) in [6.45, 7) is 3.92. The summed E-state index contributed by atoms with van der Waals surface area (Å²) in [5, 5.41) is 0.880. The van der Waals surface area contributed by atoms with E-state index < -0.39 is 0 Å². The minimum Gasteiger partial charge on any atom is -0.247 e. The molecule has 2 rings (SSSR count). The molecule has 0 bridgehead atoms. The molecule has 0 saturated heterocycles. The molecule has 0 spiro atoms. The van der Waals surface area contributed by atoms with Crippen molar-refractivity contribution in [2.75, 3.05) is 0 Å². The van der Waals surface area contributed by atoms with Crippen molar-refractivity contribution in [2.24, 2.45) is 0 Å². The molecular weight excluding hydrogens is 257 g/mol. The van der Waals surface area contributed by atoms with E-state index in [4.69, 9.17) is 11.6 Å². The van der Waals surface area contributed by atoms with E-state index in [1.807, 2.05) is 19.9 Å². The van der Waals surface area contributed by atoms with Crippen LogP contribution in [0.3, 0.4) is 0 Å². The predicted molar refractivity (Wildman–Crippen MR) is 70.3 cm³/mol. The van der Waals surface area contributed by atoms with E-state index in [1.54, 1.807) is 17.4 Å². The first kappa shape index (κ1) is 12.5. The van der Waals surface area contributed by atoms with E-state index in [1.165, 1.54) is 12.1 Å². The Balaban J connectivity index is 2.16. The number of nitrogens with zero attached hydrogens (tertiary/aromatic N) is 1.